The molecule has 3 nitrogen and oxygen atoms in total. The van der Waals surface area contributed by atoms with Crippen LogP contribution in [0, 0.1) is 6.92 Å². The maximum absolute atomic E-state index is 11.6. The van der Waals surface area contributed by atoms with Crippen LogP contribution in [-0.4, -0.2) is 18.2 Å². The molecule has 4 heteroatoms. The number of carbonyl (C=O) groups excluding carboxylic acids is 1. The van der Waals surface area contributed by atoms with Crippen molar-refractivity contribution in [2.24, 2.45) is 0 Å². The van der Waals surface area contributed by atoms with Crippen molar-refractivity contribution >= 4 is 17.7 Å². The van der Waals surface area contributed by atoms with Gasteiger partial charge in [-0.3, -0.25) is 0 Å². The van der Waals surface area contributed by atoms with Gasteiger partial charge < -0.3 is 10.1 Å². The molecule has 0 saturated heterocycles. The van der Waals surface area contributed by atoms with Gasteiger partial charge in [0, 0.05) is 12.1 Å². The molecule has 1 amide bonds. The van der Waals surface area contributed by atoms with Crippen molar-refractivity contribution in [1.29, 1.82) is 0 Å². The fourth-order valence-corrected chi connectivity index (χ4v) is 1.93. The van der Waals surface area contributed by atoms with Crippen LogP contribution in [0.1, 0.15) is 38.3 Å². The van der Waals surface area contributed by atoms with E-state index in [0.29, 0.717) is 6.54 Å². The number of ether oxygens (including phenoxy) is 1. The molecule has 0 radical (unpaired) electrons. The molecular weight excluding hydrogens is 286 g/mol. The highest BCUT2D eigenvalue weighted by Crippen LogP contribution is 2.12. The van der Waals surface area contributed by atoms with Gasteiger partial charge in [-0.05, 0) is 51.7 Å². The molecule has 0 saturated carbocycles. The molecule has 1 rings (SSSR count). The number of benzene rings is 1. The Bertz CT molecular complexity index is 487. The molecule has 0 unspecified atom stereocenters. The van der Waals surface area contributed by atoms with E-state index in [1.165, 1.54) is 16.7 Å². The van der Waals surface area contributed by atoms with Crippen LogP contribution in [0.4, 0.5) is 4.79 Å². The normalized spacial score (nSPS) is 12.1. The predicted octanol–water partition coefficient (Wildman–Crippen LogP) is 4.58. The second-order valence-electron chi connectivity index (χ2n) is 6.11. The van der Waals surface area contributed by atoms with Crippen LogP contribution >= 0.6 is 11.6 Å². The van der Waals surface area contributed by atoms with E-state index in [1.807, 2.05) is 20.8 Å². The number of halogens is 1. The van der Waals surface area contributed by atoms with Gasteiger partial charge in [0.2, 0.25) is 0 Å². The fourth-order valence-electron chi connectivity index (χ4n) is 1.74. The lowest BCUT2D eigenvalue weighted by molar-refractivity contribution is 0.0532. The van der Waals surface area contributed by atoms with Crippen molar-refractivity contribution in [2.45, 2.75) is 46.1 Å². The highest BCUT2D eigenvalue weighted by molar-refractivity contribution is 6.25. The number of alkyl carbamates (subject to hydrolysis) is 1. The Morgan fingerprint density at radius 1 is 1.29 bits per heavy atom. The summed E-state index contributed by atoms with van der Waals surface area (Å²) in [6.07, 6.45) is 1.28. The lowest BCUT2D eigenvalue weighted by Crippen LogP contribution is -2.33. The van der Waals surface area contributed by atoms with Crippen molar-refractivity contribution in [3.63, 3.8) is 0 Å². The Morgan fingerprint density at radius 2 is 1.90 bits per heavy atom. The van der Waals surface area contributed by atoms with Crippen LogP contribution in [0.15, 0.2) is 35.4 Å². The van der Waals surface area contributed by atoms with Gasteiger partial charge in [-0.25, -0.2) is 4.79 Å². The van der Waals surface area contributed by atoms with Gasteiger partial charge >= 0.3 is 6.09 Å². The molecule has 0 spiro atoms. The van der Waals surface area contributed by atoms with E-state index >= 15 is 0 Å². The monoisotopic (exact) mass is 309 g/mol. The number of hydrogen-bond donors (Lipinski definition) is 1. The first-order valence-electron chi connectivity index (χ1n) is 7.10. The van der Waals surface area contributed by atoms with E-state index in [9.17, 15) is 4.79 Å². The summed E-state index contributed by atoms with van der Waals surface area (Å²) in [5.41, 5.74) is 4.53. The summed E-state index contributed by atoms with van der Waals surface area (Å²) in [5, 5.41) is 2.72. The average Bonchev–Trinajstić information content (AvgIpc) is 2.39. The van der Waals surface area contributed by atoms with E-state index in [1.54, 1.807) is 0 Å². The molecule has 116 valence electrons. The Labute approximate surface area is 132 Å². The third-order valence-electron chi connectivity index (χ3n) is 2.87. The summed E-state index contributed by atoms with van der Waals surface area (Å²) in [6.45, 7) is 7.98. The van der Waals surface area contributed by atoms with Crippen LogP contribution in [0.5, 0.6) is 0 Å². The molecule has 1 aromatic carbocycles. The Morgan fingerprint density at radius 3 is 2.43 bits per heavy atom. The fraction of sp³-hybridized carbons (Fsp3) is 0.471. The van der Waals surface area contributed by atoms with Gasteiger partial charge in [0.25, 0.3) is 0 Å². The van der Waals surface area contributed by atoms with Gasteiger partial charge in [0.05, 0.1) is 0 Å². The van der Waals surface area contributed by atoms with Crippen LogP contribution in [0.2, 0.25) is 0 Å². The molecule has 0 aromatic heterocycles. The van der Waals surface area contributed by atoms with E-state index in [0.717, 1.165) is 18.4 Å². The zero-order chi connectivity index (χ0) is 15.9. The number of rotatable bonds is 5. The third kappa shape index (κ3) is 7.76. The average molecular weight is 310 g/mol. The molecule has 0 bridgehead atoms. The first-order valence-corrected chi connectivity index (χ1v) is 7.54. The molecule has 1 aromatic rings. The smallest absolute Gasteiger partial charge is 0.407 e. The maximum Gasteiger partial charge on any atom is 0.407 e. The molecule has 1 N–H and O–H groups in total. The van der Waals surface area contributed by atoms with E-state index in [-0.39, 0.29) is 0 Å². The topological polar surface area (TPSA) is 38.3 Å². The van der Waals surface area contributed by atoms with Gasteiger partial charge in [0.1, 0.15) is 5.60 Å². The standard InChI is InChI=1S/C17H24ClNO2/c1-13-5-7-14(8-6-13)9-10-15(11-18)12-19-16(20)21-17(2,3)4/h5-8,11H,9-10,12H2,1-4H3,(H,19,20). The summed E-state index contributed by atoms with van der Waals surface area (Å²) >= 11 is 5.82. The van der Waals surface area contributed by atoms with Gasteiger partial charge in [0.15, 0.2) is 0 Å². The quantitative estimate of drug-likeness (QED) is 0.865. The van der Waals surface area contributed by atoms with Gasteiger partial charge in [-0.2, -0.15) is 0 Å². The van der Waals surface area contributed by atoms with Gasteiger partial charge in [-0.15, -0.1) is 0 Å². The second kappa shape index (κ2) is 8.08. The number of hydrogen-bond acceptors (Lipinski definition) is 2. The van der Waals surface area contributed by atoms with Crippen molar-refractivity contribution in [3.8, 4) is 0 Å². The summed E-state index contributed by atoms with van der Waals surface area (Å²) in [6, 6.07) is 8.42. The molecule has 0 aliphatic heterocycles. The SMILES string of the molecule is Cc1ccc(CCC(=CCl)CNC(=O)OC(C)(C)C)cc1. The van der Waals surface area contributed by atoms with Crippen molar-refractivity contribution in [3.05, 3.63) is 46.5 Å². The minimum absolute atomic E-state index is 0.407. The first kappa shape index (κ1) is 17.6. The largest absolute Gasteiger partial charge is 0.444 e. The van der Waals surface area contributed by atoms with Gasteiger partial charge in [-0.1, -0.05) is 41.4 Å². The highest BCUT2D eigenvalue weighted by Gasteiger charge is 2.15. The van der Waals surface area contributed by atoms with E-state index in [4.69, 9.17) is 16.3 Å². The Hall–Kier alpha value is -1.48. The number of amides is 1. The second-order valence-corrected chi connectivity index (χ2v) is 6.33. The number of nitrogens with one attached hydrogen (secondary N) is 1. The van der Waals surface area contributed by atoms with Crippen LogP contribution in [0.25, 0.3) is 0 Å². The molecule has 0 aliphatic carbocycles. The molecule has 0 fully saturated rings. The molecule has 0 atom stereocenters. The predicted molar refractivity (Wildman–Crippen MR) is 87.7 cm³/mol. The third-order valence-corrected chi connectivity index (χ3v) is 3.18. The minimum atomic E-state index is -0.489. The van der Waals surface area contributed by atoms with E-state index < -0.39 is 11.7 Å². The first-order chi connectivity index (χ1) is 9.80. The summed E-state index contributed by atoms with van der Waals surface area (Å²) < 4.78 is 5.19. The van der Waals surface area contributed by atoms with Crippen molar-refractivity contribution in [2.75, 3.05) is 6.54 Å². The summed E-state index contributed by atoms with van der Waals surface area (Å²) in [7, 11) is 0. The lowest BCUT2D eigenvalue weighted by atomic mass is 10.0. The van der Waals surface area contributed by atoms with Crippen molar-refractivity contribution < 1.29 is 9.53 Å². The Balaban J connectivity index is 2.39. The van der Waals surface area contributed by atoms with Crippen LogP contribution < -0.4 is 5.32 Å². The summed E-state index contributed by atoms with van der Waals surface area (Å²) in [4.78, 5) is 11.6. The zero-order valence-corrected chi connectivity index (χ0v) is 14.0. The summed E-state index contributed by atoms with van der Waals surface area (Å²) in [5.74, 6) is 0. The highest BCUT2D eigenvalue weighted by atomic mass is 35.5. The van der Waals surface area contributed by atoms with Crippen molar-refractivity contribution in [1.82, 2.24) is 5.32 Å². The minimum Gasteiger partial charge on any atom is -0.444 e. The lowest BCUT2D eigenvalue weighted by Gasteiger charge is -2.20. The molecular formula is C17H24ClNO2. The number of carbonyl (C=O) groups is 1. The maximum atomic E-state index is 11.6. The molecule has 21 heavy (non-hydrogen) atoms. The zero-order valence-electron chi connectivity index (χ0n) is 13.2. The Kier molecular flexibility index (Phi) is 6.76. The van der Waals surface area contributed by atoms with E-state index in [2.05, 4.69) is 36.5 Å². The van der Waals surface area contributed by atoms with Crippen LogP contribution in [0.3, 0.4) is 0 Å². The molecule has 0 aliphatic rings. The van der Waals surface area contributed by atoms with Crippen LogP contribution in [-0.2, 0) is 11.2 Å². The molecule has 0 heterocycles. The number of aryl methyl sites for hydroxylation is 2.